The minimum absolute atomic E-state index is 0.235. The van der Waals surface area contributed by atoms with Crippen molar-refractivity contribution in [3.05, 3.63) is 41.8 Å². The molecule has 22 heavy (non-hydrogen) atoms. The normalized spacial score (nSPS) is 19.8. The Bertz CT molecular complexity index is 725. The number of hydrogen-bond donors (Lipinski definition) is 0. The van der Waals surface area contributed by atoms with Crippen LogP contribution >= 0.6 is 0 Å². The van der Waals surface area contributed by atoms with E-state index in [1.54, 1.807) is 12.1 Å². The molecule has 2 fully saturated rings. The van der Waals surface area contributed by atoms with E-state index >= 15 is 0 Å². The molecule has 1 aromatic carbocycles. The minimum atomic E-state index is -0.235. The Hall–Kier alpha value is -2.17. The molecule has 1 saturated heterocycles. The van der Waals surface area contributed by atoms with Gasteiger partial charge in [0.05, 0.1) is 11.7 Å². The summed E-state index contributed by atoms with van der Waals surface area (Å²) in [5.41, 5.74) is 2.59. The van der Waals surface area contributed by atoms with Crippen LogP contribution in [-0.4, -0.2) is 34.2 Å². The number of nitrogens with zero attached hydrogens (tertiary/aromatic N) is 3. The summed E-state index contributed by atoms with van der Waals surface area (Å²) in [4.78, 5) is 12.5. The van der Waals surface area contributed by atoms with Crippen molar-refractivity contribution in [1.82, 2.24) is 14.7 Å². The molecular formula is C17H18FN3O. The molecule has 0 N–H and O–H groups in total. The summed E-state index contributed by atoms with van der Waals surface area (Å²) in [7, 11) is 0. The average molecular weight is 299 g/mol. The van der Waals surface area contributed by atoms with Crippen LogP contribution in [-0.2, 0) is 4.79 Å². The van der Waals surface area contributed by atoms with Gasteiger partial charge in [0.1, 0.15) is 5.82 Å². The van der Waals surface area contributed by atoms with Gasteiger partial charge < -0.3 is 4.90 Å². The number of benzene rings is 1. The minimum Gasteiger partial charge on any atom is -0.344 e. The smallest absolute Gasteiger partial charge is 0.209 e. The second-order valence-electron chi connectivity index (χ2n) is 6.69. The SMILES string of the molecule is Cc1cn(C2CC3(C2)CN(C=O)C3)nc1-c1ccccc1F. The molecule has 4 rings (SSSR count). The lowest BCUT2D eigenvalue weighted by molar-refractivity contribution is -0.140. The molecule has 1 spiro atoms. The van der Waals surface area contributed by atoms with Crippen molar-refractivity contribution in [1.29, 1.82) is 0 Å². The Morgan fingerprint density at radius 3 is 2.73 bits per heavy atom. The van der Waals surface area contributed by atoms with Crippen molar-refractivity contribution in [3.63, 3.8) is 0 Å². The second-order valence-corrected chi connectivity index (χ2v) is 6.69. The topological polar surface area (TPSA) is 38.1 Å². The number of hydrogen-bond acceptors (Lipinski definition) is 2. The molecule has 0 atom stereocenters. The first-order chi connectivity index (χ1) is 10.6. The van der Waals surface area contributed by atoms with Gasteiger partial charge in [-0.2, -0.15) is 5.10 Å². The fourth-order valence-corrected chi connectivity index (χ4v) is 3.86. The Kier molecular flexibility index (Phi) is 2.86. The first-order valence-electron chi connectivity index (χ1n) is 7.60. The Labute approximate surface area is 128 Å². The summed E-state index contributed by atoms with van der Waals surface area (Å²) in [5, 5.41) is 4.62. The molecule has 0 radical (unpaired) electrons. The van der Waals surface area contributed by atoms with Crippen LogP contribution in [0.5, 0.6) is 0 Å². The van der Waals surface area contributed by atoms with Crippen molar-refractivity contribution in [3.8, 4) is 11.3 Å². The number of rotatable bonds is 3. The molecule has 0 unspecified atom stereocenters. The van der Waals surface area contributed by atoms with Gasteiger partial charge in [-0.25, -0.2) is 4.39 Å². The molecule has 2 aliphatic rings. The highest BCUT2D eigenvalue weighted by molar-refractivity contribution is 5.63. The largest absolute Gasteiger partial charge is 0.344 e. The van der Waals surface area contributed by atoms with E-state index in [9.17, 15) is 9.18 Å². The van der Waals surface area contributed by atoms with Crippen LogP contribution in [0, 0.1) is 18.2 Å². The maximum atomic E-state index is 13.9. The van der Waals surface area contributed by atoms with E-state index in [1.165, 1.54) is 6.07 Å². The first-order valence-corrected chi connectivity index (χ1v) is 7.60. The third kappa shape index (κ3) is 1.95. The molecule has 114 valence electrons. The van der Waals surface area contributed by atoms with Gasteiger partial charge in [0, 0.05) is 30.3 Å². The zero-order chi connectivity index (χ0) is 15.3. The van der Waals surface area contributed by atoms with Crippen LogP contribution in [0.1, 0.15) is 24.4 Å². The highest BCUT2D eigenvalue weighted by Crippen LogP contribution is 2.53. The first kappa shape index (κ1) is 13.5. The predicted molar refractivity (Wildman–Crippen MR) is 80.7 cm³/mol. The average Bonchev–Trinajstić information content (AvgIpc) is 2.78. The number of amides is 1. The molecule has 1 saturated carbocycles. The number of aromatic nitrogens is 2. The summed E-state index contributed by atoms with van der Waals surface area (Å²) in [6.45, 7) is 3.71. The van der Waals surface area contributed by atoms with E-state index in [1.807, 2.05) is 28.8 Å². The van der Waals surface area contributed by atoms with Crippen LogP contribution < -0.4 is 0 Å². The Morgan fingerprint density at radius 2 is 2.05 bits per heavy atom. The predicted octanol–water partition coefficient (Wildman–Crippen LogP) is 2.79. The zero-order valence-electron chi connectivity index (χ0n) is 12.5. The molecule has 1 aromatic heterocycles. The van der Waals surface area contributed by atoms with Crippen molar-refractivity contribution >= 4 is 6.41 Å². The van der Waals surface area contributed by atoms with E-state index < -0.39 is 0 Å². The summed E-state index contributed by atoms with van der Waals surface area (Å²) in [5.74, 6) is -0.235. The van der Waals surface area contributed by atoms with Gasteiger partial charge in [-0.3, -0.25) is 9.48 Å². The van der Waals surface area contributed by atoms with Gasteiger partial charge in [0.2, 0.25) is 6.41 Å². The Morgan fingerprint density at radius 1 is 1.32 bits per heavy atom. The van der Waals surface area contributed by atoms with Crippen LogP contribution in [0.3, 0.4) is 0 Å². The number of carbonyl (C=O) groups excluding carboxylic acids is 1. The monoisotopic (exact) mass is 299 g/mol. The summed E-state index contributed by atoms with van der Waals surface area (Å²) in [6, 6.07) is 7.13. The van der Waals surface area contributed by atoms with Gasteiger partial charge in [-0.15, -0.1) is 0 Å². The third-order valence-corrected chi connectivity index (χ3v) is 4.98. The summed E-state index contributed by atoms with van der Waals surface area (Å²) >= 11 is 0. The van der Waals surface area contributed by atoms with E-state index in [-0.39, 0.29) is 5.82 Å². The fourth-order valence-electron chi connectivity index (χ4n) is 3.86. The maximum absolute atomic E-state index is 13.9. The fraction of sp³-hybridized carbons (Fsp3) is 0.412. The van der Waals surface area contributed by atoms with E-state index in [0.717, 1.165) is 43.6 Å². The van der Waals surface area contributed by atoms with E-state index in [4.69, 9.17) is 0 Å². The lowest BCUT2D eigenvalue weighted by Crippen LogP contribution is -2.61. The molecule has 1 amide bonds. The van der Waals surface area contributed by atoms with Crippen LogP contribution in [0.4, 0.5) is 4.39 Å². The van der Waals surface area contributed by atoms with E-state index in [0.29, 0.717) is 17.0 Å². The number of carbonyl (C=O) groups is 1. The van der Waals surface area contributed by atoms with Gasteiger partial charge in [-0.05, 0) is 37.5 Å². The number of likely N-dealkylation sites (tertiary alicyclic amines) is 1. The van der Waals surface area contributed by atoms with Gasteiger partial charge in [0.15, 0.2) is 0 Å². The zero-order valence-corrected chi connectivity index (χ0v) is 12.5. The molecule has 4 nitrogen and oxygen atoms in total. The second kappa shape index (κ2) is 4.66. The van der Waals surface area contributed by atoms with Gasteiger partial charge in [-0.1, -0.05) is 12.1 Å². The number of aryl methyl sites for hydroxylation is 1. The van der Waals surface area contributed by atoms with Crippen LogP contribution in [0.25, 0.3) is 11.3 Å². The highest BCUT2D eigenvalue weighted by Gasteiger charge is 2.53. The molecule has 1 aliphatic carbocycles. The van der Waals surface area contributed by atoms with Crippen molar-refractivity contribution < 1.29 is 9.18 Å². The third-order valence-electron chi connectivity index (χ3n) is 4.98. The summed E-state index contributed by atoms with van der Waals surface area (Å²) < 4.78 is 15.9. The molecule has 2 aromatic rings. The highest BCUT2D eigenvalue weighted by atomic mass is 19.1. The molecule has 2 heterocycles. The Balaban J connectivity index is 1.53. The molecular weight excluding hydrogens is 281 g/mol. The quantitative estimate of drug-likeness (QED) is 0.817. The van der Waals surface area contributed by atoms with Crippen molar-refractivity contribution in [2.45, 2.75) is 25.8 Å². The van der Waals surface area contributed by atoms with Crippen molar-refractivity contribution in [2.24, 2.45) is 5.41 Å². The van der Waals surface area contributed by atoms with E-state index in [2.05, 4.69) is 5.10 Å². The number of halogens is 1. The van der Waals surface area contributed by atoms with Gasteiger partial charge >= 0.3 is 0 Å². The van der Waals surface area contributed by atoms with Gasteiger partial charge in [0.25, 0.3) is 0 Å². The maximum Gasteiger partial charge on any atom is 0.209 e. The molecule has 5 heteroatoms. The lowest BCUT2D eigenvalue weighted by Gasteiger charge is -2.57. The molecule has 0 bridgehead atoms. The van der Waals surface area contributed by atoms with Crippen molar-refractivity contribution in [2.75, 3.05) is 13.1 Å². The lowest BCUT2D eigenvalue weighted by atomic mass is 9.61. The van der Waals surface area contributed by atoms with Crippen LogP contribution in [0.2, 0.25) is 0 Å². The van der Waals surface area contributed by atoms with Crippen LogP contribution in [0.15, 0.2) is 30.5 Å². The molecule has 1 aliphatic heterocycles. The summed E-state index contributed by atoms with van der Waals surface area (Å²) in [6.07, 6.45) is 5.03. The standard InChI is InChI=1S/C17H18FN3O/c1-12-8-21(13-6-17(7-13)9-20(10-17)11-22)19-16(12)14-4-2-3-5-15(14)18/h2-5,8,11,13H,6-7,9-10H2,1H3.